The first-order chi connectivity index (χ1) is 9.81. The van der Waals surface area contributed by atoms with Gasteiger partial charge in [-0.05, 0) is 38.3 Å². The summed E-state index contributed by atoms with van der Waals surface area (Å²) in [5.41, 5.74) is 0. The summed E-state index contributed by atoms with van der Waals surface area (Å²) in [6.07, 6.45) is 4.94. The van der Waals surface area contributed by atoms with Crippen LogP contribution in [0, 0.1) is 5.92 Å². The molecule has 0 aliphatic carbocycles. The minimum Gasteiger partial charge on any atom is -0.382 e. The minimum atomic E-state index is 0.701. The van der Waals surface area contributed by atoms with Crippen LogP contribution in [0.1, 0.15) is 39.5 Å². The van der Waals surface area contributed by atoms with Crippen LogP contribution >= 0.6 is 0 Å². The van der Waals surface area contributed by atoms with Crippen LogP contribution in [0.5, 0.6) is 0 Å². The molecule has 1 aliphatic rings. The molecule has 4 nitrogen and oxygen atoms in total. The van der Waals surface area contributed by atoms with Crippen molar-refractivity contribution in [1.82, 2.24) is 10.2 Å². The van der Waals surface area contributed by atoms with Crippen LogP contribution in [0.4, 0.5) is 0 Å². The third-order valence-corrected chi connectivity index (χ3v) is 4.19. The van der Waals surface area contributed by atoms with Gasteiger partial charge < -0.3 is 19.7 Å². The van der Waals surface area contributed by atoms with E-state index < -0.39 is 0 Å². The largest absolute Gasteiger partial charge is 0.382 e. The summed E-state index contributed by atoms with van der Waals surface area (Å²) in [5.74, 6) is 0.810. The first-order valence-corrected chi connectivity index (χ1v) is 8.34. The molecule has 1 heterocycles. The Balaban J connectivity index is 2.13. The van der Waals surface area contributed by atoms with Gasteiger partial charge in [0.2, 0.25) is 0 Å². The van der Waals surface area contributed by atoms with E-state index in [0.717, 1.165) is 38.1 Å². The van der Waals surface area contributed by atoms with Gasteiger partial charge in [0.05, 0.1) is 13.2 Å². The van der Waals surface area contributed by atoms with E-state index in [0.29, 0.717) is 6.61 Å². The Kier molecular flexibility index (Phi) is 10.3. The normalized spacial score (nSPS) is 24.1. The Bertz CT molecular complexity index is 227. The number of likely N-dealkylation sites (tertiary alicyclic amines) is 1. The summed E-state index contributed by atoms with van der Waals surface area (Å²) in [7, 11) is 1.71. The minimum absolute atomic E-state index is 0.701. The highest BCUT2D eigenvalue weighted by Crippen LogP contribution is 2.20. The van der Waals surface area contributed by atoms with Gasteiger partial charge in [-0.1, -0.05) is 20.3 Å². The van der Waals surface area contributed by atoms with Crippen molar-refractivity contribution in [3.63, 3.8) is 0 Å². The van der Waals surface area contributed by atoms with Gasteiger partial charge in [0, 0.05) is 32.8 Å². The fourth-order valence-electron chi connectivity index (χ4n) is 2.96. The highest BCUT2D eigenvalue weighted by Gasteiger charge is 2.26. The molecule has 0 radical (unpaired) electrons. The van der Waals surface area contributed by atoms with Gasteiger partial charge in [-0.15, -0.1) is 0 Å². The zero-order valence-electron chi connectivity index (χ0n) is 13.7. The van der Waals surface area contributed by atoms with Crippen molar-refractivity contribution in [2.45, 2.75) is 45.6 Å². The van der Waals surface area contributed by atoms with Crippen LogP contribution in [-0.2, 0) is 9.47 Å². The van der Waals surface area contributed by atoms with E-state index in [1.165, 1.54) is 38.9 Å². The fraction of sp³-hybridized carbons (Fsp3) is 1.00. The number of hydrogen-bond acceptors (Lipinski definition) is 4. The molecule has 4 heteroatoms. The molecular weight excluding hydrogens is 252 g/mol. The third kappa shape index (κ3) is 7.02. The molecule has 2 atom stereocenters. The fourth-order valence-corrected chi connectivity index (χ4v) is 2.96. The van der Waals surface area contributed by atoms with Gasteiger partial charge in [0.15, 0.2) is 0 Å². The maximum absolute atomic E-state index is 5.53. The lowest BCUT2D eigenvalue weighted by molar-refractivity contribution is 0.0602. The maximum Gasteiger partial charge on any atom is 0.0700 e. The summed E-state index contributed by atoms with van der Waals surface area (Å²) in [4.78, 5) is 2.61. The molecule has 1 N–H and O–H groups in total. The van der Waals surface area contributed by atoms with Crippen molar-refractivity contribution in [2.75, 3.05) is 53.1 Å². The second-order valence-electron chi connectivity index (χ2n) is 5.78. The van der Waals surface area contributed by atoms with Crippen LogP contribution in [0.2, 0.25) is 0 Å². The van der Waals surface area contributed by atoms with Crippen molar-refractivity contribution >= 4 is 0 Å². The van der Waals surface area contributed by atoms with Crippen molar-refractivity contribution in [3.05, 3.63) is 0 Å². The topological polar surface area (TPSA) is 33.7 Å². The Morgan fingerprint density at radius 1 is 1.20 bits per heavy atom. The smallest absolute Gasteiger partial charge is 0.0700 e. The molecule has 1 saturated heterocycles. The van der Waals surface area contributed by atoms with Crippen molar-refractivity contribution < 1.29 is 9.47 Å². The number of rotatable bonds is 11. The van der Waals surface area contributed by atoms with Gasteiger partial charge in [-0.2, -0.15) is 0 Å². The van der Waals surface area contributed by atoms with E-state index in [-0.39, 0.29) is 0 Å². The van der Waals surface area contributed by atoms with E-state index >= 15 is 0 Å². The number of methoxy groups -OCH3 is 1. The summed E-state index contributed by atoms with van der Waals surface area (Å²) in [6, 6.07) is 0.731. The number of nitrogens with one attached hydrogen (secondary N) is 1. The first-order valence-electron chi connectivity index (χ1n) is 8.34. The predicted molar refractivity (Wildman–Crippen MR) is 84.2 cm³/mol. The highest BCUT2D eigenvalue weighted by atomic mass is 16.5. The molecule has 0 saturated carbocycles. The monoisotopic (exact) mass is 286 g/mol. The van der Waals surface area contributed by atoms with Crippen molar-refractivity contribution in [2.24, 2.45) is 5.92 Å². The van der Waals surface area contributed by atoms with E-state index in [2.05, 4.69) is 24.1 Å². The van der Waals surface area contributed by atoms with Gasteiger partial charge in [0.1, 0.15) is 0 Å². The van der Waals surface area contributed by atoms with E-state index in [1.807, 2.05) is 0 Å². The van der Waals surface area contributed by atoms with Gasteiger partial charge >= 0.3 is 0 Å². The standard InChI is InChI=1S/C16H34N2O2/c1-4-8-17-16-7-10-18(14-15(16)5-2)9-6-11-20-13-12-19-3/h15-17H,4-14H2,1-3H3. The number of ether oxygens (including phenoxy) is 2. The van der Waals surface area contributed by atoms with Crippen molar-refractivity contribution in [3.8, 4) is 0 Å². The van der Waals surface area contributed by atoms with Crippen molar-refractivity contribution in [1.29, 1.82) is 0 Å². The number of hydrogen-bond donors (Lipinski definition) is 1. The zero-order chi connectivity index (χ0) is 14.6. The lowest BCUT2D eigenvalue weighted by Gasteiger charge is -2.38. The molecule has 0 aromatic carbocycles. The summed E-state index contributed by atoms with van der Waals surface area (Å²) < 4.78 is 10.5. The molecule has 0 aromatic rings. The SMILES string of the molecule is CCCNC1CCN(CCCOCCOC)CC1CC. The van der Waals surface area contributed by atoms with E-state index in [1.54, 1.807) is 7.11 Å². The number of piperidine rings is 1. The Morgan fingerprint density at radius 2 is 2.05 bits per heavy atom. The van der Waals surface area contributed by atoms with Crippen LogP contribution in [0.15, 0.2) is 0 Å². The zero-order valence-corrected chi connectivity index (χ0v) is 13.7. The van der Waals surface area contributed by atoms with Crippen LogP contribution in [-0.4, -0.2) is 64.1 Å². The molecule has 0 bridgehead atoms. The summed E-state index contributed by atoms with van der Waals surface area (Å²) in [5, 5.41) is 3.72. The number of nitrogens with zero attached hydrogens (tertiary/aromatic N) is 1. The van der Waals surface area contributed by atoms with Crippen LogP contribution < -0.4 is 5.32 Å². The maximum atomic E-state index is 5.53. The lowest BCUT2D eigenvalue weighted by Crippen LogP contribution is -2.49. The van der Waals surface area contributed by atoms with Crippen LogP contribution in [0.25, 0.3) is 0 Å². The van der Waals surface area contributed by atoms with Crippen LogP contribution in [0.3, 0.4) is 0 Å². The first kappa shape index (κ1) is 17.9. The third-order valence-electron chi connectivity index (χ3n) is 4.19. The van der Waals surface area contributed by atoms with E-state index in [9.17, 15) is 0 Å². The molecule has 0 spiro atoms. The summed E-state index contributed by atoms with van der Waals surface area (Å²) in [6.45, 7) is 11.7. The molecule has 0 aromatic heterocycles. The second kappa shape index (κ2) is 11.5. The molecule has 1 aliphatic heterocycles. The average molecular weight is 286 g/mol. The Labute approximate surface area is 125 Å². The van der Waals surface area contributed by atoms with Gasteiger partial charge in [0.25, 0.3) is 0 Å². The molecule has 1 fully saturated rings. The Hall–Kier alpha value is -0.160. The second-order valence-corrected chi connectivity index (χ2v) is 5.78. The predicted octanol–water partition coefficient (Wildman–Crippen LogP) is 2.14. The van der Waals surface area contributed by atoms with Gasteiger partial charge in [-0.25, -0.2) is 0 Å². The quantitative estimate of drug-likeness (QED) is 0.590. The molecule has 1 rings (SSSR count). The highest BCUT2D eigenvalue weighted by molar-refractivity contribution is 4.84. The lowest BCUT2D eigenvalue weighted by atomic mass is 9.89. The molecule has 20 heavy (non-hydrogen) atoms. The Morgan fingerprint density at radius 3 is 2.75 bits per heavy atom. The molecule has 120 valence electrons. The van der Waals surface area contributed by atoms with Gasteiger partial charge in [-0.3, -0.25) is 0 Å². The molecule has 2 unspecified atom stereocenters. The summed E-state index contributed by atoms with van der Waals surface area (Å²) >= 11 is 0. The molecule has 0 amide bonds. The van der Waals surface area contributed by atoms with E-state index in [4.69, 9.17) is 9.47 Å². The average Bonchev–Trinajstić information content (AvgIpc) is 2.49. The molecular formula is C16H34N2O2.